The Morgan fingerprint density at radius 3 is 2.62 bits per heavy atom. The van der Waals surface area contributed by atoms with Crippen LogP contribution in [0.4, 0.5) is 5.82 Å². The van der Waals surface area contributed by atoms with Crippen LogP contribution in [0.5, 0.6) is 0 Å². The largest absolute Gasteiger partial charge is 0.383 e. The summed E-state index contributed by atoms with van der Waals surface area (Å²) in [5.74, 6) is 1.59. The molecule has 0 amide bonds. The van der Waals surface area contributed by atoms with E-state index in [2.05, 4.69) is 48.6 Å². The molecule has 3 fully saturated rings. The molecule has 2 bridgehead atoms. The number of benzene rings is 1. The van der Waals surface area contributed by atoms with Gasteiger partial charge >= 0.3 is 0 Å². The first-order valence-electron chi connectivity index (χ1n) is 8.84. The van der Waals surface area contributed by atoms with Gasteiger partial charge in [0.05, 0.1) is 5.69 Å². The molecule has 122 valence electrons. The molecule has 0 atom stereocenters. The molecular formula is C21H23N3. The van der Waals surface area contributed by atoms with Crippen molar-refractivity contribution in [1.29, 1.82) is 0 Å². The van der Waals surface area contributed by atoms with Gasteiger partial charge in [-0.15, -0.1) is 0 Å². The summed E-state index contributed by atoms with van der Waals surface area (Å²) in [6, 6.07) is 6.78. The van der Waals surface area contributed by atoms with Gasteiger partial charge in [0.2, 0.25) is 0 Å². The van der Waals surface area contributed by atoms with E-state index in [1.165, 1.54) is 41.5 Å². The number of nitrogens with zero attached hydrogens (tertiary/aromatic N) is 2. The highest BCUT2D eigenvalue weighted by atomic mass is 14.9. The lowest BCUT2D eigenvalue weighted by Crippen LogP contribution is -2.51. The summed E-state index contributed by atoms with van der Waals surface area (Å²) in [7, 11) is 0. The van der Waals surface area contributed by atoms with Crippen LogP contribution in [-0.2, 0) is 11.8 Å². The maximum absolute atomic E-state index is 6.18. The van der Waals surface area contributed by atoms with Crippen LogP contribution in [0.2, 0.25) is 0 Å². The molecule has 0 aliphatic heterocycles. The van der Waals surface area contributed by atoms with Crippen LogP contribution >= 0.6 is 0 Å². The van der Waals surface area contributed by atoms with Crippen molar-refractivity contribution in [2.75, 3.05) is 5.73 Å². The van der Waals surface area contributed by atoms with Gasteiger partial charge < -0.3 is 5.73 Å². The van der Waals surface area contributed by atoms with Gasteiger partial charge in [-0.05, 0) is 59.1 Å². The van der Waals surface area contributed by atoms with Crippen LogP contribution < -0.4 is 5.73 Å². The maximum Gasteiger partial charge on any atom is 0.131 e. The van der Waals surface area contributed by atoms with Crippen molar-refractivity contribution in [1.82, 2.24) is 9.97 Å². The van der Waals surface area contributed by atoms with Crippen molar-refractivity contribution in [3.63, 3.8) is 0 Å². The summed E-state index contributed by atoms with van der Waals surface area (Å²) in [4.78, 5) is 8.78. The number of hydrogen-bond donors (Lipinski definition) is 1. The van der Waals surface area contributed by atoms with E-state index in [9.17, 15) is 0 Å². The minimum absolute atomic E-state index is 0.0516. The molecular weight excluding hydrogens is 294 g/mol. The van der Waals surface area contributed by atoms with E-state index in [1.807, 2.05) is 0 Å². The molecule has 2 N–H and O–H groups in total. The van der Waals surface area contributed by atoms with E-state index >= 15 is 0 Å². The topological polar surface area (TPSA) is 51.8 Å². The third-order valence-electron chi connectivity index (χ3n) is 6.57. The highest BCUT2D eigenvalue weighted by Gasteiger charge is 2.58. The Balaban J connectivity index is 1.62. The van der Waals surface area contributed by atoms with Gasteiger partial charge in [-0.3, -0.25) is 0 Å². The second kappa shape index (κ2) is 4.27. The maximum atomic E-state index is 6.18. The molecule has 24 heavy (non-hydrogen) atoms. The molecule has 0 saturated heterocycles. The van der Waals surface area contributed by atoms with E-state index in [1.54, 1.807) is 6.33 Å². The summed E-state index contributed by atoms with van der Waals surface area (Å²) in [6.07, 6.45) is 6.58. The number of nitrogen functional groups attached to an aromatic ring is 1. The van der Waals surface area contributed by atoms with Crippen LogP contribution in [0.1, 0.15) is 49.8 Å². The molecule has 0 radical (unpaired) electrons. The average Bonchev–Trinajstić information content (AvgIpc) is 2.42. The van der Waals surface area contributed by atoms with Crippen molar-refractivity contribution in [3.8, 4) is 11.3 Å². The summed E-state index contributed by atoms with van der Waals surface area (Å²) in [6.45, 7) is 8.92. The van der Waals surface area contributed by atoms with Crippen LogP contribution in [0.3, 0.4) is 0 Å². The Labute approximate surface area is 143 Å². The van der Waals surface area contributed by atoms with Crippen LogP contribution in [0, 0.1) is 11.3 Å². The third kappa shape index (κ3) is 1.68. The van der Waals surface area contributed by atoms with Crippen molar-refractivity contribution < 1.29 is 0 Å². The zero-order valence-corrected chi connectivity index (χ0v) is 14.4. The minimum atomic E-state index is -0.0516. The first kappa shape index (κ1) is 14.2. The molecule has 0 spiro atoms. The fraction of sp³-hybridized carbons (Fsp3) is 0.429. The third-order valence-corrected chi connectivity index (χ3v) is 6.57. The molecule has 0 unspecified atom stereocenters. The summed E-state index contributed by atoms with van der Waals surface area (Å²) < 4.78 is 0. The van der Waals surface area contributed by atoms with Gasteiger partial charge in [-0.1, -0.05) is 38.6 Å². The van der Waals surface area contributed by atoms with E-state index < -0.39 is 0 Å². The average molecular weight is 317 g/mol. The number of allylic oxidation sites excluding steroid dienone is 1. The second-order valence-corrected chi connectivity index (χ2v) is 8.65. The molecule has 1 heterocycles. The smallest absolute Gasteiger partial charge is 0.131 e. The van der Waals surface area contributed by atoms with E-state index in [4.69, 9.17) is 5.73 Å². The SMILES string of the molecule is C=C(c1ccc2c(c1)CC(C)(C)c1c(N)ncnc1-2)C12CC(C1)C2. The Kier molecular flexibility index (Phi) is 2.53. The van der Waals surface area contributed by atoms with Gasteiger partial charge in [0.1, 0.15) is 12.1 Å². The lowest BCUT2D eigenvalue weighted by Gasteiger charge is -2.63. The second-order valence-electron chi connectivity index (χ2n) is 8.65. The Morgan fingerprint density at radius 2 is 1.96 bits per heavy atom. The number of anilines is 1. The van der Waals surface area contributed by atoms with Crippen molar-refractivity contribution >= 4 is 11.4 Å². The lowest BCUT2D eigenvalue weighted by atomic mass is 9.41. The molecule has 4 aliphatic rings. The molecule has 1 aromatic heterocycles. The Morgan fingerprint density at radius 1 is 1.21 bits per heavy atom. The zero-order valence-electron chi connectivity index (χ0n) is 14.4. The van der Waals surface area contributed by atoms with Gasteiger partial charge in [-0.25, -0.2) is 9.97 Å². The molecule has 3 heteroatoms. The van der Waals surface area contributed by atoms with Gasteiger partial charge in [0, 0.05) is 11.1 Å². The highest BCUT2D eigenvalue weighted by molar-refractivity contribution is 5.79. The Bertz CT molecular complexity index is 877. The molecule has 3 saturated carbocycles. The van der Waals surface area contributed by atoms with Crippen LogP contribution in [0.25, 0.3) is 16.8 Å². The quantitative estimate of drug-likeness (QED) is 0.894. The minimum Gasteiger partial charge on any atom is -0.383 e. The van der Waals surface area contributed by atoms with Gasteiger partial charge in [-0.2, -0.15) is 0 Å². The first-order valence-corrected chi connectivity index (χ1v) is 8.84. The van der Waals surface area contributed by atoms with E-state index in [0.29, 0.717) is 11.2 Å². The van der Waals surface area contributed by atoms with E-state index in [0.717, 1.165) is 23.6 Å². The monoisotopic (exact) mass is 317 g/mol. The van der Waals surface area contributed by atoms with Crippen molar-refractivity contribution in [3.05, 3.63) is 47.8 Å². The first-order chi connectivity index (χ1) is 11.4. The molecule has 4 aliphatic carbocycles. The molecule has 3 nitrogen and oxygen atoms in total. The van der Waals surface area contributed by atoms with Crippen LogP contribution in [-0.4, -0.2) is 9.97 Å². The van der Waals surface area contributed by atoms with E-state index in [-0.39, 0.29) is 5.41 Å². The zero-order chi connectivity index (χ0) is 16.7. The number of fused-ring (bicyclic) bond motifs is 3. The summed E-state index contributed by atoms with van der Waals surface area (Å²) >= 11 is 0. The van der Waals surface area contributed by atoms with Gasteiger partial charge in [0.25, 0.3) is 0 Å². The normalized spacial score (nSPS) is 28.2. The lowest BCUT2D eigenvalue weighted by molar-refractivity contribution is -0.0497. The number of rotatable bonds is 2. The van der Waals surface area contributed by atoms with Crippen molar-refractivity contribution in [2.24, 2.45) is 11.3 Å². The predicted octanol–water partition coefficient (Wildman–Crippen LogP) is 4.37. The van der Waals surface area contributed by atoms with Crippen molar-refractivity contribution in [2.45, 2.75) is 44.9 Å². The Hall–Kier alpha value is -2.16. The standard InChI is InChI=1S/C21H23N3/c1-12(21-7-13(8-21)9-21)14-4-5-16-15(6-14)10-20(2,3)17-18(16)23-11-24-19(17)22/h4-6,11,13H,1,7-10H2,2-3H3,(H2,22,23,24). The number of hydrogen-bond acceptors (Lipinski definition) is 3. The highest BCUT2D eigenvalue weighted by Crippen LogP contribution is 2.69. The predicted molar refractivity (Wildman–Crippen MR) is 97.4 cm³/mol. The summed E-state index contributed by atoms with van der Waals surface area (Å²) in [5.41, 5.74) is 13.8. The van der Waals surface area contributed by atoms with Gasteiger partial charge in [0.15, 0.2) is 0 Å². The fourth-order valence-electron chi connectivity index (χ4n) is 5.15. The summed E-state index contributed by atoms with van der Waals surface area (Å²) in [5, 5.41) is 0. The molecule has 2 aromatic rings. The van der Waals surface area contributed by atoms with Crippen LogP contribution in [0.15, 0.2) is 31.1 Å². The number of aromatic nitrogens is 2. The number of nitrogens with two attached hydrogens (primary N) is 1. The molecule has 6 rings (SSSR count). The molecule has 1 aromatic carbocycles. The fourth-order valence-corrected chi connectivity index (χ4v) is 5.15.